The van der Waals surface area contributed by atoms with E-state index in [1.54, 1.807) is 12.4 Å². The Bertz CT molecular complexity index is 658. The molecule has 0 unspecified atom stereocenters. The lowest BCUT2D eigenvalue weighted by Gasteiger charge is -2.03. The molecule has 18 heavy (non-hydrogen) atoms. The highest BCUT2D eigenvalue weighted by molar-refractivity contribution is 5.80. The van der Waals surface area contributed by atoms with Crippen LogP contribution in [0.25, 0.3) is 11.0 Å². The van der Waals surface area contributed by atoms with Crippen LogP contribution in [0.2, 0.25) is 0 Å². The van der Waals surface area contributed by atoms with Crippen LogP contribution >= 0.6 is 0 Å². The lowest BCUT2D eigenvalue weighted by molar-refractivity contribution is 0.793. The molecule has 90 valence electrons. The van der Waals surface area contributed by atoms with Crippen molar-refractivity contribution < 1.29 is 0 Å². The topological polar surface area (TPSA) is 56.7 Å². The van der Waals surface area contributed by atoms with Gasteiger partial charge in [0.15, 0.2) is 0 Å². The van der Waals surface area contributed by atoms with Crippen molar-refractivity contribution in [1.82, 2.24) is 14.5 Å². The van der Waals surface area contributed by atoms with Gasteiger partial charge in [-0.2, -0.15) is 0 Å². The smallest absolute Gasteiger partial charge is 0.140 e. The van der Waals surface area contributed by atoms with Gasteiger partial charge in [0.1, 0.15) is 5.65 Å². The van der Waals surface area contributed by atoms with E-state index < -0.39 is 0 Å². The van der Waals surface area contributed by atoms with Crippen LogP contribution in [0.4, 0.5) is 0 Å². The molecule has 0 saturated heterocycles. The normalized spacial score (nSPS) is 10.9. The van der Waals surface area contributed by atoms with Gasteiger partial charge in [-0.1, -0.05) is 6.07 Å². The molecule has 3 aromatic rings. The van der Waals surface area contributed by atoms with Gasteiger partial charge in [-0.05, 0) is 29.8 Å². The Kier molecular flexibility index (Phi) is 2.78. The Morgan fingerprint density at radius 1 is 1.06 bits per heavy atom. The molecule has 0 aromatic carbocycles. The van der Waals surface area contributed by atoms with E-state index in [0.29, 0.717) is 13.1 Å². The predicted octanol–water partition coefficient (Wildman–Crippen LogP) is 1.94. The summed E-state index contributed by atoms with van der Waals surface area (Å²) in [6.07, 6.45) is 5.67. The average Bonchev–Trinajstić information content (AvgIpc) is 2.78. The Balaban J connectivity index is 2.07. The zero-order valence-corrected chi connectivity index (χ0v) is 9.95. The number of fused-ring (bicyclic) bond motifs is 1. The van der Waals surface area contributed by atoms with Gasteiger partial charge in [-0.25, -0.2) is 4.98 Å². The fourth-order valence-corrected chi connectivity index (χ4v) is 2.14. The van der Waals surface area contributed by atoms with Gasteiger partial charge in [-0.3, -0.25) is 4.98 Å². The maximum atomic E-state index is 5.77. The van der Waals surface area contributed by atoms with Crippen LogP contribution in [0.5, 0.6) is 0 Å². The minimum atomic E-state index is 0.525. The fourth-order valence-electron chi connectivity index (χ4n) is 2.14. The number of nitrogens with two attached hydrogens (primary N) is 1. The number of rotatable bonds is 3. The van der Waals surface area contributed by atoms with Crippen LogP contribution in [0, 0.1) is 0 Å². The number of pyridine rings is 2. The Labute approximate surface area is 105 Å². The zero-order valence-electron chi connectivity index (χ0n) is 9.95. The second-order valence-corrected chi connectivity index (χ2v) is 4.18. The van der Waals surface area contributed by atoms with E-state index in [1.807, 2.05) is 24.3 Å². The minimum absolute atomic E-state index is 0.525. The number of aromatic nitrogens is 3. The van der Waals surface area contributed by atoms with Crippen LogP contribution in [0.3, 0.4) is 0 Å². The summed E-state index contributed by atoms with van der Waals surface area (Å²) in [4.78, 5) is 8.76. The summed E-state index contributed by atoms with van der Waals surface area (Å²) in [6, 6.07) is 9.91. The standard InChI is InChI=1S/C14H14N4/c15-8-11-9-18(10-12-4-1-2-6-16-12)14-13(11)5-3-7-17-14/h1-7,9H,8,10,15H2. The molecule has 4 heteroatoms. The van der Waals surface area contributed by atoms with E-state index in [2.05, 4.69) is 26.8 Å². The van der Waals surface area contributed by atoms with Gasteiger partial charge in [0.2, 0.25) is 0 Å². The van der Waals surface area contributed by atoms with Gasteiger partial charge in [0, 0.05) is 30.5 Å². The zero-order chi connectivity index (χ0) is 12.4. The van der Waals surface area contributed by atoms with E-state index in [1.165, 1.54) is 0 Å². The summed E-state index contributed by atoms with van der Waals surface area (Å²) in [6.45, 7) is 1.24. The molecule has 0 spiro atoms. The highest BCUT2D eigenvalue weighted by atomic mass is 15.0. The van der Waals surface area contributed by atoms with Crippen LogP contribution in [-0.4, -0.2) is 14.5 Å². The lowest BCUT2D eigenvalue weighted by Crippen LogP contribution is -2.01. The summed E-state index contributed by atoms with van der Waals surface area (Å²) < 4.78 is 2.10. The maximum absolute atomic E-state index is 5.77. The van der Waals surface area contributed by atoms with Gasteiger partial charge in [0.25, 0.3) is 0 Å². The quantitative estimate of drug-likeness (QED) is 0.758. The van der Waals surface area contributed by atoms with E-state index in [0.717, 1.165) is 22.3 Å². The first-order valence-electron chi connectivity index (χ1n) is 5.91. The summed E-state index contributed by atoms with van der Waals surface area (Å²) in [7, 11) is 0. The molecule has 0 saturated carbocycles. The summed E-state index contributed by atoms with van der Waals surface area (Å²) in [5, 5.41) is 1.12. The molecule has 0 bridgehead atoms. The molecular weight excluding hydrogens is 224 g/mol. The van der Waals surface area contributed by atoms with Gasteiger partial charge in [-0.15, -0.1) is 0 Å². The maximum Gasteiger partial charge on any atom is 0.140 e. The molecule has 3 aromatic heterocycles. The van der Waals surface area contributed by atoms with Crippen molar-refractivity contribution in [1.29, 1.82) is 0 Å². The van der Waals surface area contributed by atoms with Crippen LogP contribution < -0.4 is 5.73 Å². The highest BCUT2D eigenvalue weighted by Gasteiger charge is 2.08. The molecule has 2 N–H and O–H groups in total. The van der Waals surface area contributed by atoms with Gasteiger partial charge in [0.05, 0.1) is 12.2 Å². The fraction of sp³-hybridized carbons (Fsp3) is 0.143. The third kappa shape index (κ3) is 1.87. The first-order valence-corrected chi connectivity index (χ1v) is 5.91. The van der Waals surface area contributed by atoms with Crippen LogP contribution in [-0.2, 0) is 13.1 Å². The van der Waals surface area contributed by atoms with Crippen molar-refractivity contribution in [2.45, 2.75) is 13.1 Å². The second-order valence-electron chi connectivity index (χ2n) is 4.18. The summed E-state index contributed by atoms with van der Waals surface area (Å²) in [5.41, 5.74) is 8.86. The molecular formula is C14H14N4. The van der Waals surface area contributed by atoms with Crippen molar-refractivity contribution in [2.24, 2.45) is 5.73 Å². The Morgan fingerprint density at radius 2 is 1.94 bits per heavy atom. The third-order valence-electron chi connectivity index (χ3n) is 2.99. The largest absolute Gasteiger partial charge is 0.326 e. The van der Waals surface area contributed by atoms with E-state index in [4.69, 9.17) is 5.73 Å². The first kappa shape index (κ1) is 10.9. The van der Waals surface area contributed by atoms with Crippen molar-refractivity contribution in [2.75, 3.05) is 0 Å². The molecule has 0 aliphatic carbocycles. The molecule has 3 heterocycles. The summed E-state index contributed by atoms with van der Waals surface area (Å²) in [5.74, 6) is 0. The highest BCUT2D eigenvalue weighted by Crippen LogP contribution is 2.19. The van der Waals surface area contributed by atoms with Gasteiger partial charge >= 0.3 is 0 Å². The molecule has 3 rings (SSSR count). The van der Waals surface area contributed by atoms with E-state index >= 15 is 0 Å². The molecule has 0 radical (unpaired) electrons. The number of hydrogen-bond acceptors (Lipinski definition) is 3. The van der Waals surface area contributed by atoms with Gasteiger partial charge < -0.3 is 10.3 Å². The number of hydrogen-bond donors (Lipinski definition) is 1. The lowest BCUT2D eigenvalue weighted by atomic mass is 10.2. The minimum Gasteiger partial charge on any atom is -0.326 e. The second kappa shape index (κ2) is 4.58. The van der Waals surface area contributed by atoms with Crippen molar-refractivity contribution in [3.63, 3.8) is 0 Å². The third-order valence-corrected chi connectivity index (χ3v) is 2.99. The van der Waals surface area contributed by atoms with Crippen molar-refractivity contribution in [3.05, 3.63) is 60.2 Å². The molecule has 0 amide bonds. The molecule has 0 fully saturated rings. The van der Waals surface area contributed by atoms with E-state index in [-0.39, 0.29) is 0 Å². The monoisotopic (exact) mass is 238 g/mol. The Hall–Kier alpha value is -2.20. The average molecular weight is 238 g/mol. The van der Waals surface area contributed by atoms with Crippen molar-refractivity contribution in [3.8, 4) is 0 Å². The molecule has 0 aliphatic rings. The molecule has 4 nitrogen and oxygen atoms in total. The van der Waals surface area contributed by atoms with Crippen LogP contribution in [0.15, 0.2) is 48.9 Å². The number of nitrogens with zero attached hydrogens (tertiary/aromatic N) is 3. The van der Waals surface area contributed by atoms with Crippen molar-refractivity contribution >= 4 is 11.0 Å². The SMILES string of the molecule is NCc1cn(Cc2ccccn2)c2ncccc12. The first-order chi connectivity index (χ1) is 8.88. The van der Waals surface area contributed by atoms with E-state index in [9.17, 15) is 0 Å². The summed E-state index contributed by atoms with van der Waals surface area (Å²) >= 11 is 0. The van der Waals surface area contributed by atoms with Crippen LogP contribution in [0.1, 0.15) is 11.3 Å². The predicted molar refractivity (Wildman–Crippen MR) is 71.0 cm³/mol. The molecule has 0 atom stereocenters. The molecule has 0 aliphatic heterocycles. The Morgan fingerprint density at radius 3 is 2.72 bits per heavy atom.